The molecule has 0 unspecified atom stereocenters. The SMILES string of the molecule is COc1ccc(N)c(C(=O)Cc2ccc(Cl)cc2Cl)c1. The predicted molar refractivity (Wildman–Crippen MR) is 81.9 cm³/mol. The van der Waals surface area contributed by atoms with E-state index in [1.54, 1.807) is 36.4 Å². The normalized spacial score (nSPS) is 10.3. The molecule has 0 aromatic heterocycles. The molecule has 0 bridgehead atoms. The first-order valence-electron chi connectivity index (χ1n) is 5.92. The minimum atomic E-state index is -0.120. The third-order valence-corrected chi connectivity index (χ3v) is 3.51. The number of carbonyl (C=O) groups excluding carboxylic acids is 1. The monoisotopic (exact) mass is 309 g/mol. The zero-order valence-electron chi connectivity index (χ0n) is 10.8. The maximum atomic E-state index is 12.3. The number of nitrogen functional groups attached to an aromatic ring is 1. The number of ketones is 1. The Kier molecular flexibility index (Phi) is 4.53. The van der Waals surface area contributed by atoms with E-state index in [0.717, 1.165) is 0 Å². The fourth-order valence-corrected chi connectivity index (χ4v) is 2.31. The van der Waals surface area contributed by atoms with E-state index in [-0.39, 0.29) is 12.2 Å². The molecule has 104 valence electrons. The van der Waals surface area contributed by atoms with Crippen LogP contribution in [0, 0.1) is 0 Å². The third kappa shape index (κ3) is 3.24. The molecule has 3 nitrogen and oxygen atoms in total. The van der Waals surface area contributed by atoms with Crippen molar-refractivity contribution < 1.29 is 9.53 Å². The van der Waals surface area contributed by atoms with Gasteiger partial charge in [0.15, 0.2) is 5.78 Å². The Bertz CT molecular complexity index is 656. The second kappa shape index (κ2) is 6.16. The largest absolute Gasteiger partial charge is 0.497 e. The lowest BCUT2D eigenvalue weighted by Crippen LogP contribution is -2.07. The first kappa shape index (κ1) is 14.7. The van der Waals surface area contributed by atoms with Gasteiger partial charge in [-0.1, -0.05) is 29.3 Å². The van der Waals surface area contributed by atoms with Gasteiger partial charge in [-0.05, 0) is 35.9 Å². The van der Waals surface area contributed by atoms with Crippen molar-refractivity contribution in [1.29, 1.82) is 0 Å². The van der Waals surface area contributed by atoms with Gasteiger partial charge in [0.2, 0.25) is 0 Å². The molecule has 2 aromatic rings. The maximum Gasteiger partial charge on any atom is 0.169 e. The summed E-state index contributed by atoms with van der Waals surface area (Å²) < 4.78 is 5.10. The van der Waals surface area contributed by atoms with Crippen LogP contribution in [0.2, 0.25) is 10.0 Å². The molecular formula is C15H13Cl2NO2. The Labute approximate surface area is 127 Å². The molecule has 0 amide bonds. The van der Waals surface area contributed by atoms with Crippen LogP contribution in [0.3, 0.4) is 0 Å². The highest BCUT2D eigenvalue weighted by Gasteiger charge is 2.13. The van der Waals surface area contributed by atoms with Crippen molar-refractivity contribution in [3.05, 3.63) is 57.6 Å². The zero-order chi connectivity index (χ0) is 14.7. The van der Waals surface area contributed by atoms with Crippen LogP contribution in [-0.4, -0.2) is 12.9 Å². The summed E-state index contributed by atoms with van der Waals surface area (Å²) >= 11 is 11.9. The summed E-state index contributed by atoms with van der Waals surface area (Å²) in [6.07, 6.45) is 0.160. The average Bonchev–Trinajstić information content (AvgIpc) is 2.42. The van der Waals surface area contributed by atoms with Gasteiger partial charge in [0.1, 0.15) is 5.75 Å². The van der Waals surface area contributed by atoms with Gasteiger partial charge in [-0.15, -0.1) is 0 Å². The minimum Gasteiger partial charge on any atom is -0.497 e. The van der Waals surface area contributed by atoms with E-state index in [1.165, 1.54) is 7.11 Å². The molecule has 0 fully saturated rings. The summed E-state index contributed by atoms with van der Waals surface area (Å²) in [5.41, 5.74) is 7.39. The van der Waals surface area contributed by atoms with Crippen LogP contribution >= 0.6 is 23.2 Å². The van der Waals surface area contributed by atoms with E-state index in [0.29, 0.717) is 32.6 Å². The standard InChI is InChI=1S/C15H13Cl2NO2/c1-20-11-4-5-14(18)12(8-11)15(19)6-9-2-3-10(16)7-13(9)17/h2-5,7-8H,6,18H2,1H3. The van der Waals surface area contributed by atoms with Crippen molar-refractivity contribution in [2.24, 2.45) is 0 Å². The lowest BCUT2D eigenvalue weighted by Gasteiger charge is -2.08. The molecular weight excluding hydrogens is 297 g/mol. The van der Waals surface area contributed by atoms with E-state index in [4.69, 9.17) is 33.7 Å². The number of Topliss-reactive ketones (excluding diaryl/α,β-unsaturated/α-hetero) is 1. The number of anilines is 1. The lowest BCUT2D eigenvalue weighted by atomic mass is 10.0. The summed E-state index contributed by atoms with van der Waals surface area (Å²) in [7, 11) is 1.54. The molecule has 5 heteroatoms. The second-order valence-electron chi connectivity index (χ2n) is 4.29. The van der Waals surface area contributed by atoms with Crippen LogP contribution in [-0.2, 0) is 6.42 Å². The van der Waals surface area contributed by atoms with Crippen LogP contribution in [0.25, 0.3) is 0 Å². The van der Waals surface area contributed by atoms with Crippen molar-refractivity contribution in [2.45, 2.75) is 6.42 Å². The number of nitrogens with two attached hydrogens (primary N) is 1. The van der Waals surface area contributed by atoms with Crippen molar-refractivity contribution in [1.82, 2.24) is 0 Å². The molecule has 0 aliphatic carbocycles. The minimum absolute atomic E-state index is 0.120. The van der Waals surface area contributed by atoms with E-state index in [1.807, 2.05) is 0 Å². The van der Waals surface area contributed by atoms with Gasteiger partial charge in [0.25, 0.3) is 0 Å². The average molecular weight is 310 g/mol. The zero-order valence-corrected chi connectivity index (χ0v) is 12.3. The number of ether oxygens (including phenoxy) is 1. The number of halogens is 2. The number of carbonyl (C=O) groups is 1. The highest BCUT2D eigenvalue weighted by Crippen LogP contribution is 2.25. The summed E-state index contributed by atoms with van der Waals surface area (Å²) in [6.45, 7) is 0. The van der Waals surface area contributed by atoms with Crippen LogP contribution in [0.1, 0.15) is 15.9 Å². The molecule has 2 aromatic carbocycles. The number of rotatable bonds is 4. The van der Waals surface area contributed by atoms with Gasteiger partial charge >= 0.3 is 0 Å². The third-order valence-electron chi connectivity index (χ3n) is 2.93. The molecule has 0 radical (unpaired) electrons. The second-order valence-corrected chi connectivity index (χ2v) is 5.13. The van der Waals surface area contributed by atoms with Crippen molar-refractivity contribution in [3.8, 4) is 5.75 Å². The van der Waals surface area contributed by atoms with Crippen LogP contribution in [0.4, 0.5) is 5.69 Å². The van der Waals surface area contributed by atoms with Crippen LogP contribution in [0.15, 0.2) is 36.4 Å². The summed E-state index contributed by atoms with van der Waals surface area (Å²) in [5, 5.41) is 0.999. The molecule has 0 aliphatic heterocycles. The van der Waals surface area contributed by atoms with Gasteiger partial charge in [0, 0.05) is 27.7 Å². The predicted octanol–water partition coefficient (Wildman–Crippen LogP) is 4.01. The Hall–Kier alpha value is -1.71. The van der Waals surface area contributed by atoms with Crippen molar-refractivity contribution in [2.75, 3.05) is 12.8 Å². The Morgan fingerprint density at radius 2 is 1.95 bits per heavy atom. The van der Waals surface area contributed by atoms with E-state index >= 15 is 0 Å². The van der Waals surface area contributed by atoms with Crippen LogP contribution in [0.5, 0.6) is 5.75 Å². The summed E-state index contributed by atoms with van der Waals surface area (Å²) in [5.74, 6) is 0.468. The maximum absolute atomic E-state index is 12.3. The summed E-state index contributed by atoms with van der Waals surface area (Å²) in [4.78, 5) is 12.3. The molecule has 2 N–H and O–H groups in total. The number of hydrogen-bond acceptors (Lipinski definition) is 3. The molecule has 20 heavy (non-hydrogen) atoms. The summed E-state index contributed by atoms with van der Waals surface area (Å²) in [6, 6.07) is 10.0. The molecule has 0 spiro atoms. The molecule has 0 aliphatic rings. The Morgan fingerprint density at radius 1 is 1.20 bits per heavy atom. The lowest BCUT2D eigenvalue weighted by molar-refractivity contribution is 0.0993. The fourth-order valence-electron chi connectivity index (χ4n) is 1.84. The van der Waals surface area contributed by atoms with Gasteiger partial charge in [0.05, 0.1) is 7.11 Å². The molecule has 2 rings (SSSR count). The first-order chi connectivity index (χ1) is 9.51. The molecule has 0 saturated carbocycles. The quantitative estimate of drug-likeness (QED) is 0.686. The van der Waals surface area contributed by atoms with Gasteiger partial charge in [-0.25, -0.2) is 0 Å². The Balaban J connectivity index is 2.28. The number of methoxy groups -OCH3 is 1. The van der Waals surface area contributed by atoms with E-state index in [2.05, 4.69) is 0 Å². The topological polar surface area (TPSA) is 52.3 Å². The van der Waals surface area contributed by atoms with E-state index in [9.17, 15) is 4.79 Å². The van der Waals surface area contributed by atoms with Gasteiger partial charge in [-0.2, -0.15) is 0 Å². The van der Waals surface area contributed by atoms with Gasteiger partial charge < -0.3 is 10.5 Å². The van der Waals surface area contributed by atoms with Gasteiger partial charge in [-0.3, -0.25) is 4.79 Å². The molecule has 0 saturated heterocycles. The Morgan fingerprint density at radius 3 is 2.60 bits per heavy atom. The molecule has 0 heterocycles. The number of benzene rings is 2. The van der Waals surface area contributed by atoms with Crippen molar-refractivity contribution in [3.63, 3.8) is 0 Å². The van der Waals surface area contributed by atoms with E-state index < -0.39 is 0 Å². The highest BCUT2D eigenvalue weighted by molar-refractivity contribution is 6.35. The van der Waals surface area contributed by atoms with Crippen LogP contribution < -0.4 is 10.5 Å². The fraction of sp³-hybridized carbons (Fsp3) is 0.133. The smallest absolute Gasteiger partial charge is 0.169 e. The number of hydrogen-bond donors (Lipinski definition) is 1. The first-order valence-corrected chi connectivity index (χ1v) is 6.67. The highest BCUT2D eigenvalue weighted by atomic mass is 35.5. The molecule has 0 atom stereocenters. The van der Waals surface area contributed by atoms with Crippen molar-refractivity contribution >= 4 is 34.7 Å².